The summed E-state index contributed by atoms with van der Waals surface area (Å²) in [4.78, 5) is 35.9. The number of nitrogens with zero attached hydrogens (tertiary/aromatic N) is 3. The zero-order valence-corrected chi connectivity index (χ0v) is 17.7. The average Bonchev–Trinajstić information content (AvgIpc) is 3.35. The number of hydrogen-bond donors (Lipinski definition) is 1. The Kier molecular flexibility index (Phi) is 4.49. The molecule has 1 N–H and O–H groups in total. The van der Waals surface area contributed by atoms with Crippen LogP contribution in [0.3, 0.4) is 0 Å². The van der Waals surface area contributed by atoms with Crippen molar-refractivity contribution in [3.05, 3.63) is 46.4 Å². The largest absolute Gasteiger partial charge is 0.312 e. The van der Waals surface area contributed by atoms with E-state index in [0.29, 0.717) is 16.7 Å². The summed E-state index contributed by atoms with van der Waals surface area (Å²) in [6.07, 6.45) is 0.177. The minimum absolute atomic E-state index is 0.0625. The van der Waals surface area contributed by atoms with Crippen LogP contribution in [0.2, 0.25) is 5.02 Å². The topological polar surface area (TPSA) is 75.2 Å². The van der Waals surface area contributed by atoms with Crippen LogP contribution in [0.1, 0.15) is 11.4 Å². The van der Waals surface area contributed by atoms with Crippen LogP contribution in [-0.2, 0) is 9.59 Å². The van der Waals surface area contributed by atoms with Crippen molar-refractivity contribution in [2.45, 2.75) is 13.3 Å². The van der Waals surface area contributed by atoms with Crippen LogP contribution in [0, 0.1) is 12.8 Å². The van der Waals surface area contributed by atoms with Crippen LogP contribution < -0.4 is 10.2 Å². The van der Waals surface area contributed by atoms with Gasteiger partial charge in [-0.1, -0.05) is 22.9 Å². The molecule has 1 aliphatic heterocycles. The highest BCUT2D eigenvalue weighted by Crippen LogP contribution is 2.32. The number of rotatable bonds is 3. The third kappa shape index (κ3) is 3.48. The molecule has 2 aromatic carbocycles. The summed E-state index contributed by atoms with van der Waals surface area (Å²) in [5.74, 6) is -0.685. The van der Waals surface area contributed by atoms with Crippen LogP contribution in [0.4, 0.5) is 10.8 Å². The van der Waals surface area contributed by atoms with Crippen LogP contribution in [0.5, 0.6) is 0 Å². The van der Waals surface area contributed by atoms with Gasteiger partial charge in [-0.05, 0) is 43.3 Å². The highest BCUT2D eigenvalue weighted by atomic mass is 35.5. The van der Waals surface area contributed by atoms with Gasteiger partial charge in [0.1, 0.15) is 0 Å². The fraction of sp³-hybridized carbons (Fsp3) is 0.200. The van der Waals surface area contributed by atoms with Crippen molar-refractivity contribution < 1.29 is 9.59 Å². The molecule has 1 aliphatic rings. The maximum absolute atomic E-state index is 12.7. The highest BCUT2D eigenvalue weighted by molar-refractivity contribution is 7.22. The summed E-state index contributed by atoms with van der Waals surface area (Å²) < 4.78 is 1.99. The van der Waals surface area contributed by atoms with Crippen LogP contribution in [0.15, 0.2) is 36.4 Å². The molecule has 0 aliphatic carbocycles. The molecule has 4 aromatic rings. The normalized spacial score (nSPS) is 16.8. The maximum atomic E-state index is 12.7. The molecule has 2 amide bonds. The molecular formula is C20H15ClN4O2S2. The molecule has 29 heavy (non-hydrogen) atoms. The SMILES string of the molecule is Cc1nc2cc(N3CC(C(=O)Nc4nc5ccc(Cl)cc5s4)CC3=O)ccc2s1. The van der Waals surface area contributed by atoms with Crippen molar-refractivity contribution in [1.29, 1.82) is 0 Å². The van der Waals surface area contributed by atoms with E-state index in [1.165, 1.54) is 11.3 Å². The minimum Gasteiger partial charge on any atom is -0.312 e. The fourth-order valence-corrected chi connectivity index (χ4v) is 5.44. The van der Waals surface area contributed by atoms with Gasteiger partial charge in [-0.2, -0.15) is 0 Å². The molecule has 0 saturated carbocycles. The zero-order chi connectivity index (χ0) is 20.1. The van der Waals surface area contributed by atoms with Crippen molar-refractivity contribution in [2.24, 2.45) is 5.92 Å². The van der Waals surface area contributed by atoms with Gasteiger partial charge < -0.3 is 10.2 Å². The Labute approximate surface area is 179 Å². The van der Waals surface area contributed by atoms with Gasteiger partial charge in [-0.3, -0.25) is 9.59 Å². The van der Waals surface area contributed by atoms with E-state index >= 15 is 0 Å². The summed E-state index contributed by atoms with van der Waals surface area (Å²) in [6, 6.07) is 11.2. The van der Waals surface area contributed by atoms with Crippen molar-refractivity contribution in [3.63, 3.8) is 0 Å². The first-order chi connectivity index (χ1) is 14.0. The number of anilines is 2. The molecular weight excluding hydrogens is 428 g/mol. The van der Waals surface area contributed by atoms with Crippen LogP contribution in [0.25, 0.3) is 20.4 Å². The molecule has 3 heterocycles. The fourth-order valence-electron chi connectivity index (χ4n) is 3.49. The van der Waals surface area contributed by atoms with E-state index in [4.69, 9.17) is 11.6 Å². The van der Waals surface area contributed by atoms with Gasteiger partial charge in [0, 0.05) is 23.7 Å². The predicted octanol–water partition coefficient (Wildman–Crippen LogP) is 4.86. The van der Waals surface area contributed by atoms with Gasteiger partial charge in [0.25, 0.3) is 0 Å². The third-order valence-electron chi connectivity index (χ3n) is 4.87. The standard InChI is InChI=1S/C20H15ClN4O2S2/c1-10-22-15-8-13(3-5-16(15)28-10)25-9-11(6-18(25)26)19(27)24-20-23-14-4-2-12(21)7-17(14)29-20/h2-5,7-8,11H,6,9H2,1H3,(H,23,24,27). The number of hydrogen-bond acceptors (Lipinski definition) is 6. The summed E-state index contributed by atoms with van der Waals surface area (Å²) >= 11 is 9.00. The second-order valence-corrected chi connectivity index (χ2v) is 9.61. The van der Waals surface area contributed by atoms with Gasteiger partial charge in [0.15, 0.2) is 5.13 Å². The molecule has 146 valence electrons. The van der Waals surface area contributed by atoms with E-state index in [-0.39, 0.29) is 18.2 Å². The molecule has 1 saturated heterocycles. The Hall–Kier alpha value is -2.55. The minimum atomic E-state index is -0.425. The number of carbonyl (C=O) groups is 2. The molecule has 1 unspecified atom stereocenters. The number of aromatic nitrogens is 2. The number of carbonyl (C=O) groups excluding carboxylic acids is 2. The maximum Gasteiger partial charge on any atom is 0.231 e. The van der Waals surface area contributed by atoms with Crippen LogP contribution in [-0.4, -0.2) is 28.3 Å². The second kappa shape index (κ2) is 7.05. The Morgan fingerprint density at radius 3 is 2.86 bits per heavy atom. The zero-order valence-electron chi connectivity index (χ0n) is 15.3. The van der Waals surface area contributed by atoms with Crippen molar-refractivity contribution >= 4 is 77.3 Å². The third-order valence-corrected chi connectivity index (χ3v) is 6.99. The first kappa shape index (κ1) is 18.5. The number of nitrogens with one attached hydrogen (secondary N) is 1. The molecule has 2 aromatic heterocycles. The molecule has 0 radical (unpaired) electrons. The van der Waals surface area contributed by atoms with Gasteiger partial charge in [0.2, 0.25) is 11.8 Å². The summed E-state index contributed by atoms with van der Waals surface area (Å²) in [5.41, 5.74) is 2.43. The van der Waals surface area contributed by atoms with E-state index in [1.54, 1.807) is 22.3 Å². The summed E-state index contributed by atoms with van der Waals surface area (Å²) in [5, 5.41) is 4.98. The highest BCUT2D eigenvalue weighted by Gasteiger charge is 2.35. The predicted molar refractivity (Wildman–Crippen MR) is 118 cm³/mol. The number of aryl methyl sites for hydroxylation is 1. The lowest BCUT2D eigenvalue weighted by molar-refractivity contribution is -0.122. The van der Waals surface area contributed by atoms with Gasteiger partial charge in [-0.15, -0.1) is 11.3 Å². The number of halogens is 1. The Morgan fingerprint density at radius 1 is 1.14 bits per heavy atom. The number of thiazole rings is 2. The molecule has 0 spiro atoms. The molecule has 6 nitrogen and oxygen atoms in total. The van der Waals surface area contributed by atoms with Crippen molar-refractivity contribution in [3.8, 4) is 0 Å². The summed E-state index contributed by atoms with van der Waals surface area (Å²) in [7, 11) is 0. The van der Waals surface area contributed by atoms with E-state index in [2.05, 4.69) is 15.3 Å². The molecule has 1 atom stereocenters. The quantitative estimate of drug-likeness (QED) is 0.491. The lowest BCUT2D eigenvalue weighted by atomic mass is 10.1. The van der Waals surface area contributed by atoms with E-state index in [0.717, 1.165) is 31.1 Å². The van der Waals surface area contributed by atoms with Crippen LogP contribution >= 0.6 is 34.3 Å². The Morgan fingerprint density at radius 2 is 2.00 bits per heavy atom. The Bertz CT molecular complexity index is 1280. The molecule has 0 bridgehead atoms. The summed E-state index contributed by atoms with van der Waals surface area (Å²) in [6.45, 7) is 2.30. The first-order valence-electron chi connectivity index (χ1n) is 9.01. The molecule has 5 rings (SSSR count). The van der Waals surface area contributed by atoms with Gasteiger partial charge in [0.05, 0.1) is 31.4 Å². The van der Waals surface area contributed by atoms with Crippen molar-refractivity contribution in [1.82, 2.24) is 9.97 Å². The molecule has 1 fully saturated rings. The van der Waals surface area contributed by atoms with Gasteiger partial charge >= 0.3 is 0 Å². The molecule has 9 heteroatoms. The number of benzene rings is 2. The first-order valence-corrected chi connectivity index (χ1v) is 11.0. The average molecular weight is 443 g/mol. The Balaban J connectivity index is 1.33. The second-order valence-electron chi connectivity index (χ2n) is 6.91. The van der Waals surface area contributed by atoms with E-state index in [9.17, 15) is 9.59 Å². The lowest BCUT2D eigenvalue weighted by Gasteiger charge is -2.16. The smallest absolute Gasteiger partial charge is 0.231 e. The van der Waals surface area contributed by atoms with E-state index in [1.807, 2.05) is 37.3 Å². The number of fused-ring (bicyclic) bond motifs is 2. The monoisotopic (exact) mass is 442 g/mol. The van der Waals surface area contributed by atoms with Gasteiger partial charge in [-0.25, -0.2) is 9.97 Å². The lowest BCUT2D eigenvalue weighted by Crippen LogP contribution is -2.28. The van der Waals surface area contributed by atoms with Crippen molar-refractivity contribution in [2.75, 3.05) is 16.8 Å². The number of amides is 2. The van der Waals surface area contributed by atoms with E-state index < -0.39 is 5.92 Å².